The molecule has 106 valence electrons. The molecular formula is C13H26N2O3. The van der Waals surface area contributed by atoms with Crippen LogP contribution in [0.3, 0.4) is 0 Å². The highest BCUT2D eigenvalue weighted by atomic mass is 16.5. The van der Waals surface area contributed by atoms with Crippen molar-refractivity contribution in [3.8, 4) is 0 Å². The number of piperidine rings is 1. The first-order valence-corrected chi connectivity index (χ1v) is 6.59. The molecule has 0 atom stereocenters. The van der Waals surface area contributed by atoms with Crippen LogP contribution >= 0.6 is 0 Å². The molecule has 0 spiro atoms. The summed E-state index contributed by atoms with van der Waals surface area (Å²) in [5.74, 6) is 0.0456. The minimum atomic E-state index is -0.424. The number of hydrogen-bond acceptors (Lipinski definition) is 4. The molecule has 1 heterocycles. The summed E-state index contributed by atoms with van der Waals surface area (Å²) in [7, 11) is 1.63. The van der Waals surface area contributed by atoms with Crippen molar-refractivity contribution in [2.75, 3.05) is 33.4 Å². The van der Waals surface area contributed by atoms with Gasteiger partial charge in [0.2, 0.25) is 5.91 Å². The van der Waals surface area contributed by atoms with Gasteiger partial charge in [-0.15, -0.1) is 0 Å². The highest BCUT2D eigenvalue weighted by Crippen LogP contribution is 2.30. The van der Waals surface area contributed by atoms with Gasteiger partial charge in [-0.1, -0.05) is 0 Å². The Balaban J connectivity index is 2.70. The molecule has 0 aliphatic carbocycles. The summed E-state index contributed by atoms with van der Waals surface area (Å²) in [5.41, 5.74) is -0.801. The van der Waals surface area contributed by atoms with Crippen molar-refractivity contribution in [2.45, 2.75) is 38.6 Å². The fraction of sp³-hybridized carbons (Fsp3) is 0.923. The average molecular weight is 258 g/mol. The number of ether oxygens (including phenoxy) is 1. The van der Waals surface area contributed by atoms with E-state index in [0.29, 0.717) is 13.0 Å². The number of carbonyl (C=O) groups is 1. The summed E-state index contributed by atoms with van der Waals surface area (Å²) < 4.78 is 5.24. The Morgan fingerprint density at radius 3 is 2.56 bits per heavy atom. The standard InChI is InChI=1S/C13H26N2O3/c1-12(2,6-9-16)15-11(17)13(10-18-3)4-7-14-8-5-13/h14,16H,4-10H2,1-3H3,(H,15,17). The molecule has 0 aromatic carbocycles. The van der Waals surface area contributed by atoms with E-state index in [1.807, 2.05) is 13.8 Å². The molecule has 0 bridgehead atoms. The van der Waals surface area contributed by atoms with E-state index in [2.05, 4.69) is 10.6 Å². The number of hydrogen-bond donors (Lipinski definition) is 3. The lowest BCUT2D eigenvalue weighted by Gasteiger charge is -2.38. The maximum Gasteiger partial charge on any atom is 0.229 e. The molecule has 1 fully saturated rings. The zero-order chi connectivity index (χ0) is 13.6. The molecule has 0 aromatic heterocycles. The lowest BCUT2D eigenvalue weighted by atomic mass is 9.78. The first-order chi connectivity index (χ1) is 8.46. The zero-order valence-corrected chi connectivity index (χ0v) is 11.7. The first-order valence-electron chi connectivity index (χ1n) is 6.59. The van der Waals surface area contributed by atoms with E-state index in [1.54, 1.807) is 7.11 Å². The Kier molecular flexibility index (Phi) is 5.56. The van der Waals surface area contributed by atoms with Gasteiger partial charge in [-0.2, -0.15) is 0 Å². The SMILES string of the molecule is COCC1(C(=O)NC(C)(C)CCO)CCNCC1. The number of methoxy groups -OCH3 is 1. The molecule has 1 aliphatic heterocycles. The van der Waals surface area contributed by atoms with Crippen molar-refractivity contribution in [3.05, 3.63) is 0 Å². The lowest BCUT2D eigenvalue weighted by Crippen LogP contribution is -2.55. The molecule has 0 radical (unpaired) electrons. The lowest BCUT2D eigenvalue weighted by molar-refractivity contribution is -0.138. The summed E-state index contributed by atoms with van der Waals surface area (Å²) in [5, 5.41) is 15.3. The summed E-state index contributed by atoms with van der Waals surface area (Å²) in [4.78, 5) is 12.5. The summed E-state index contributed by atoms with van der Waals surface area (Å²) in [6.45, 7) is 6.08. The third kappa shape index (κ3) is 3.93. The van der Waals surface area contributed by atoms with Crippen LogP contribution in [0.15, 0.2) is 0 Å². The second-order valence-corrected chi connectivity index (χ2v) is 5.77. The second kappa shape index (κ2) is 6.50. The van der Waals surface area contributed by atoms with Crippen molar-refractivity contribution in [1.29, 1.82) is 0 Å². The molecule has 1 aliphatic rings. The van der Waals surface area contributed by atoms with E-state index in [0.717, 1.165) is 25.9 Å². The van der Waals surface area contributed by atoms with Crippen LogP contribution in [0.4, 0.5) is 0 Å². The van der Waals surface area contributed by atoms with Crippen LogP contribution in [0.5, 0.6) is 0 Å². The van der Waals surface area contributed by atoms with Gasteiger partial charge in [0, 0.05) is 19.3 Å². The number of aliphatic hydroxyl groups is 1. The van der Waals surface area contributed by atoms with Crippen LogP contribution in [0.2, 0.25) is 0 Å². The average Bonchev–Trinajstić information content (AvgIpc) is 2.29. The van der Waals surface area contributed by atoms with Gasteiger partial charge in [0.25, 0.3) is 0 Å². The third-order valence-electron chi connectivity index (χ3n) is 3.65. The maximum absolute atomic E-state index is 12.5. The molecule has 0 saturated carbocycles. The second-order valence-electron chi connectivity index (χ2n) is 5.77. The fourth-order valence-electron chi connectivity index (χ4n) is 2.40. The molecule has 18 heavy (non-hydrogen) atoms. The van der Waals surface area contributed by atoms with Gasteiger partial charge in [0.15, 0.2) is 0 Å². The van der Waals surface area contributed by atoms with Gasteiger partial charge >= 0.3 is 0 Å². The van der Waals surface area contributed by atoms with E-state index in [9.17, 15) is 4.79 Å². The Labute approximate surface area is 109 Å². The number of carbonyl (C=O) groups excluding carboxylic acids is 1. The minimum Gasteiger partial charge on any atom is -0.396 e. The molecule has 0 aromatic rings. The monoisotopic (exact) mass is 258 g/mol. The van der Waals surface area contributed by atoms with Crippen LogP contribution in [0.1, 0.15) is 33.1 Å². The van der Waals surface area contributed by atoms with Crippen molar-refractivity contribution in [1.82, 2.24) is 10.6 Å². The molecule has 1 saturated heterocycles. The van der Waals surface area contributed by atoms with Crippen LogP contribution in [-0.2, 0) is 9.53 Å². The summed E-state index contributed by atoms with van der Waals surface area (Å²) in [6.07, 6.45) is 2.14. The Morgan fingerprint density at radius 1 is 1.44 bits per heavy atom. The summed E-state index contributed by atoms with van der Waals surface area (Å²) in [6, 6.07) is 0. The van der Waals surface area contributed by atoms with Gasteiger partial charge in [-0.25, -0.2) is 0 Å². The largest absolute Gasteiger partial charge is 0.396 e. The predicted octanol–water partition coefficient (Wildman–Crippen LogP) is 0.280. The smallest absolute Gasteiger partial charge is 0.229 e. The van der Waals surface area contributed by atoms with Gasteiger partial charge < -0.3 is 20.5 Å². The molecule has 1 amide bonds. The number of amides is 1. The number of nitrogens with one attached hydrogen (secondary N) is 2. The van der Waals surface area contributed by atoms with Crippen molar-refractivity contribution in [3.63, 3.8) is 0 Å². The van der Waals surface area contributed by atoms with Gasteiger partial charge in [-0.3, -0.25) is 4.79 Å². The normalized spacial score (nSPS) is 19.6. The van der Waals surface area contributed by atoms with Crippen molar-refractivity contribution in [2.24, 2.45) is 5.41 Å². The minimum absolute atomic E-state index is 0.0456. The van der Waals surface area contributed by atoms with Crippen LogP contribution in [-0.4, -0.2) is 50.0 Å². The van der Waals surface area contributed by atoms with E-state index in [4.69, 9.17) is 9.84 Å². The molecule has 5 heteroatoms. The quantitative estimate of drug-likeness (QED) is 0.640. The molecular weight excluding hydrogens is 232 g/mol. The highest BCUT2D eigenvalue weighted by molar-refractivity contribution is 5.83. The molecule has 1 rings (SSSR count). The fourth-order valence-corrected chi connectivity index (χ4v) is 2.40. The predicted molar refractivity (Wildman–Crippen MR) is 70.3 cm³/mol. The van der Waals surface area contributed by atoms with Crippen LogP contribution in [0.25, 0.3) is 0 Å². The Morgan fingerprint density at radius 2 is 2.06 bits per heavy atom. The van der Waals surface area contributed by atoms with Crippen molar-refractivity contribution < 1.29 is 14.6 Å². The molecule has 3 N–H and O–H groups in total. The van der Waals surface area contributed by atoms with Gasteiger partial charge in [-0.05, 0) is 46.2 Å². The van der Waals surface area contributed by atoms with E-state index in [1.165, 1.54) is 0 Å². The van der Waals surface area contributed by atoms with E-state index < -0.39 is 5.41 Å². The first kappa shape index (κ1) is 15.4. The highest BCUT2D eigenvalue weighted by Gasteiger charge is 2.41. The Hall–Kier alpha value is -0.650. The number of aliphatic hydroxyl groups excluding tert-OH is 1. The van der Waals surface area contributed by atoms with Crippen LogP contribution < -0.4 is 10.6 Å². The van der Waals surface area contributed by atoms with E-state index in [-0.39, 0.29) is 18.1 Å². The van der Waals surface area contributed by atoms with Gasteiger partial charge in [0.05, 0.1) is 12.0 Å². The Bertz CT molecular complexity index is 268. The molecule has 0 unspecified atom stereocenters. The number of rotatable bonds is 6. The third-order valence-corrected chi connectivity index (χ3v) is 3.65. The van der Waals surface area contributed by atoms with Gasteiger partial charge in [0.1, 0.15) is 0 Å². The van der Waals surface area contributed by atoms with Crippen molar-refractivity contribution >= 4 is 5.91 Å². The van der Waals surface area contributed by atoms with Crippen LogP contribution in [0, 0.1) is 5.41 Å². The summed E-state index contributed by atoms with van der Waals surface area (Å²) >= 11 is 0. The zero-order valence-electron chi connectivity index (χ0n) is 11.7. The maximum atomic E-state index is 12.5. The topological polar surface area (TPSA) is 70.6 Å². The molecule has 5 nitrogen and oxygen atoms in total. The van der Waals surface area contributed by atoms with E-state index >= 15 is 0 Å².